The molecule has 0 saturated carbocycles. The third-order valence-corrected chi connectivity index (χ3v) is 8.33. The summed E-state index contributed by atoms with van der Waals surface area (Å²) < 4.78 is 0. The van der Waals surface area contributed by atoms with Crippen molar-refractivity contribution in [1.82, 2.24) is 4.98 Å². The molecule has 3 aromatic carbocycles. The van der Waals surface area contributed by atoms with Crippen LogP contribution < -0.4 is 10.6 Å². The number of thiophene rings is 1. The molecule has 0 fully saturated rings. The van der Waals surface area contributed by atoms with Crippen LogP contribution in [0.4, 0.5) is 10.8 Å². The summed E-state index contributed by atoms with van der Waals surface area (Å²) >= 11 is 4.46. The molecular formula is C29H23N3O2S3. The Bertz CT molecular complexity index is 1470. The van der Waals surface area contributed by atoms with Gasteiger partial charge < -0.3 is 10.6 Å². The van der Waals surface area contributed by atoms with Gasteiger partial charge in [0.1, 0.15) is 5.25 Å². The lowest BCUT2D eigenvalue weighted by Gasteiger charge is -2.17. The summed E-state index contributed by atoms with van der Waals surface area (Å²) in [7, 11) is 0. The van der Waals surface area contributed by atoms with Crippen molar-refractivity contribution in [2.75, 3.05) is 10.6 Å². The van der Waals surface area contributed by atoms with Gasteiger partial charge in [-0.25, -0.2) is 4.98 Å². The molecule has 0 spiro atoms. The second-order valence-electron chi connectivity index (χ2n) is 8.15. The Morgan fingerprint density at radius 2 is 1.62 bits per heavy atom. The summed E-state index contributed by atoms with van der Waals surface area (Å²) in [5.41, 5.74) is 3.39. The van der Waals surface area contributed by atoms with E-state index in [1.165, 1.54) is 23.1 Å². The number of benzene rings is 3. The largest absolute Gasteiger partial charge is 0.326 e. The number of anilines is 2. The summed E-state index contributed by atoms with van der Waals surface area (Å²) in [6.07, 6.45) is 0.300. The topological polar surface area (TPSA) is 71.1 Å². The number of hydrogen-bond acceptors (Lipinski definition) is 6. The maximum atomic E-state index is 13.4. The first-order chi connectivity index (χ1) is 18.1. The minimum Gasteiger partial charge on any atom is -0.326 e. The van der Waals surface area contributed by atoms with E-state index in [2.05, 4.69) is 15.6 Å². The molecule has 2 amide bonds. The average Bonchev–Trinajstić information content (AvgIpc) is 3.61. The first-order valence-electron chi connectivity index (χ1n) is 11.6. The van der Waals surface area contributed by atoms with Crippen LogP contribution >= 0.6 is 34.4 Å². The predicted molar refractivity (Wildman–Crippen MR) is 154 cm³/mol. The number of thiazole rings is 1. The van der Waals surface area contributed by atoms with Gasteiger partial charge in [0, 0.05) is 16.0 Å². The van der Waals surface area contributed by atoms with Gasteiger partial charge in [0.25, 0.3) is 0 Å². The van der Waals surface area contributed by atoms with Crippen LogP contribution in [0.2, 0.25) is 0 Å². The van der Waals surface area contributed by atoms with Crippen LogP contribution in [0.25, 0.3) is 10.6 Å². The number of hydrogen-bond donors (Lipinski definition) is 2. The molecule has 0 bridgehead atoms. The van der Waals surface area contributed by atoms with E-state index in [9.17, 15) is 9.59 Å². The smallest absolute Gasteiger partial charge is 0.244 e. The number of nitrogens with zero attached hydrogens (tertiary/aromatic N) is 1. The molecule has 0 saturated heterocycles. The van der Waals surface area contributed by atoms with Gasteiger partial charge in [0.05, 0.1) is 17.0 Å². The van der Waals surface area contributed by atoms with E-state index >= 15 is 0 Å². The summed E-state index contributed by atoms with van der Waals surface area (Å²) in [5.74, 6) is -0.238. The van der Waals surface area contributed by atoms with Crippen LogP contribution in [-0.2, 0) is 16.0 Å². The van der Waals surface area contributed by atoms with Crippen LogP contribution in [0, 0.1) is 0 Å². The standard InChI is InChI=1S/C29H23N3O2S3/c33-26(17-20-9-3-1-4-10-20)30-22-13-7-14-23(18-22)37-27(21-11-5-2-6-12-21)28(34)32-29-31-24(19-36-29)25-15-8-16-35-25/h1-16,18-19,27H,17H2,(H,30,33)(H,31,32,34). The molecule has 2 heterocycles. The number of thioether (sulfide) groups is 1. The molecule has 0 aliphatic heterocycles. The zero-order chi connectivity index (χ0) is 25.5. The summed E-state index contributed by atoms with van der Waals surface area (Å²) in [4.78, 5) is 32.5. The van der Waals surface area contributed by atoms with Gasteiger partial charge in [0.2, 0.25) is 11.8 Å². The quantitative estimate of drug-likeness (QED) is 0.189. The van der Waals surface area contributed by atoms with Crippen LogP contribution in [0.3, 0.4) is 0 Å². The lowest BCUT2D eigenvalue weighted by atomic mass is 10.1. The Morgan fingerprint density at radius 3 is 2.38 bits per heavy atom. The summed E-state index contributed by atoms with van der Waals surface area (Å²) in [6, 6.07) is 30.9. The fourth-order valence-electron chi connectivity index (χ4n) is 3.71. The second-order valence-corrected chi connectivity index (χ2v) is 11.1. The molecule has 5 aromatic rings. The van der Waals surface area contributed by atoms with Crippen LogP contribution in [-0.4, -0.2) is 16.8 Å². The van der Waals surface area contributed by atoms with Crippen molar-refractivity contribution in [3.8, 4) is 10.6 Å². The molecular weight excluding hydrogens is 519 g/mol. The van der Waals surface area contributed by atoms with Gasteiger partial charge in [-0.15, -0.1) is 34.4 Å². The van der Waals surface area contributed by atoms with Crippen molar-refractivity contribution in [3.63, 3.8) is 0 Å². The van der Waals surface area contributed by atoms with Crippen molar-refractivity contribution in [2.24, 2.45) is 0 Å². The molecule has 37 heavy (non-hydrogen) atoms. The molecule has 0 radical (unpaired) electrons. The summed E-state index contributed by atoms with van der Waals surface area (Å²) in [5, 5.41) is 10.00. The van der Waals surface area contributed by atoms with E-state index in [4.69, 9.17) is 0 Å². The number of nitrogens with one attached hydrogen (secondary N) is 2. The molecule has 8 heteroatoms. The SMILES string of the molecule is O=C(Cc1ccccc1)Nc1cccc(SC(C(=O)Nc2nc(-c3cccs3)cs2)c2ccccc2)c1. The van der Waals surface area contributed by atoms with Crippen molar-refractivity contribution >= 4 is 57.1 Å². The Morgan fingerprint density at radius 1 is 0.838 bits per heavy atom. The Labute approximate surface area is 227 Å². The highest BCUT2D eigenvalue weighted by Crippen LogP contribution is 2.38. The molecule has 5 rings (SSSR count). The van der Waals surface area contributed by atoms with Crippen molar-refractivity contribution in [2.45, 2.75) is 16.6 Å². The van der Waals surface area contributed by atoms with Gasteiger partial charge >= 0.3 is 0 Å². The van der Waals surface area contributed by atoms with Crippen molar-refractivity contribution < 1.29 is 9.59 Å². The number of amides is 2. The first kappa shape index (κ1) is 25.0. The van der Waals surface area contributed by atoms with Crippen LogP contribution in [0.5, 0.6) is 0 Å². The van der Waals surface area contributed by atoms with Gasteiger partial charge in [-0.05, 0) is 40.8 Å². The van der Waals surface area contributed by atoms with E-state index in [0.29, 0.717) is 17.2 Å². The van der Waals surface area contributed by atoms with Crippen LogP contribution in [0.15, 0.2) is 113 Å². The van der Waals surface area contributed by atoms with E-state index in [-0.39, 0.29) is 11.8 Å². The first-order valence-corrected chi connectivity index (χ1v) is 14.2. The highest BCUT2D eigenvalue weighted by atomic mass is 32.2. The third-order valence-electron chi connectivity index (χ3n) is 5.43. The van der Waals surface area contributed by atoms with Gasteiger partial charge in [-0.2, -0.15) is 0 Å². The lowest BCUT2D eigenvalue weighted by molar-refractivity contribution is -0.116. The van der Waals surface area contributed by atoms with E-state index in [1.54, 1.807) is 11.3 Å². The number of carbonyl (C=O) groups excluding carboxylic acids is 2. The van der Waals surface area contributed by atoms with Gasteiger partial charge in [-0.1, -0.05) is 72.8 Å². The van der Waals surface area contributed by atoms with Crippen molar-refractivity contribution in [3.05, 3.63) is 119 Å². The molecule has 5 nitrogen and oxygen atoms in total. The Kier molecular flexibility index (Phi) is 8.10. The average molecular weight is 542 g/mol. The lowest BCUT2D eigenvalue weighted by Crippen LogP contribution is -2.19. The second kappa shape index (κ2) is 12.0. The zero-order valence-corrected chi connectivity index (χ0v) is 22.1. The number of rotatable bonds is 9. The third kappa shape index (κ3) is 6.74. The van der Waals surface area contributed by atoms with E-state index in [0.717, 1.165) is 26.6 Å². The predicted octanol–water partition coefficient (Wildman–Crippen LogP) is 7.52. The highest BCUT2D eigenvalue weighted by molar-refractivity contribution is 8.00. The number of carbonyl (C=O) groups is 2. The van der Waals surface area contributed by atoms with E-state index < -0.39 is 5.25 Å². The van der Waals surface area contributed by atoms with Gasteiger partial charge in [0.15, 0.2) is 5.13 Å². The zero-order valence-electron chi connectivity index (χ0n) is 19.7. The molecule has 1 atom stereocenters. The molecule has 184 valence electrons. The maximum Gasteiger partial charge on any atom is 0.244 e. The van der Waals surface area contributed by atoms with Crippen LogP contribution in [0.1, 0.15) is 16.4 Å². The number of aromatic nitrogens is 1. The fraction of sp³-hybridized carbons (Fsp3) is 0.0690. The molecule has 0 aliphatic carbocycles. The minimum absolute atomic E-state index is 0.0870. The Hall–Kier alpha value is -3.72. The van der Waals surface area contributed by atoms with Gasteiger partial charge in [-0.3, -0.25) is 9.59 Å². The monoisotopic (exact) mass is 541 g/mol. The molecule has 1 unspecified atom stereocenters. The minimum atomic E-state index is -0.495. The molecule has 0 aliphatic rings. The molecule has 2 N–H and O–H groups in total. The van der Waals surface area contributed by atoms with E-state index in [1.807, 2.05) is 108 Å². The Balaban J connectivity index is 1.30. The maximum absolute atomic E-state index is 13.4. The fourth-order valence-corrected chi connectivity index (χ4v) is 6.27. The highest BCUT2D eigenvalue weighted by Gasteiger charge is 2.23. The normalized spacial score (nSPS) is 11.6. The molecule has 2 aromatic heterocycles. The summed E-state index contributed by atoms with van der Waals surface area (Å²) in [6.45, 7) is 0. The van der Waals surface area contributed by atoms with Crippen molar-refractivity contribution in [1.29, 1.82) is 0 Å².